The van der Waals surface area contributed by atoms with Crippen LogP contribution in [-0.2, 0) is 0 Å². The zero-order chi connectivity index (χ0) is 21.1. The lowest BCUT2D eigenvalue weighted by molar-refractivity contribution is 1.42. The fourth-order valence-electron chi connectivity index (χ4n) is 5.08. The first-order chi connectivity index (χ1) is 15.9. The Kier molecular flexibility index (Phi) is 3.62. The van der Waals surface area contributed by atoms with Gasteiger partial charge in [0.25, 0.3) is 0 Å². The Morgan fingerprint density at radius 3 is 1.78 bits per heavy atom. The van der Waals surface area contributed by atoms with Crippen LogP contribution in [-0.4, -0.2) is 4.98 Å². The van der Waals surface area contributed by atoms with Gasteiger partial charge in [-0.05, 0) is 49.8 Å². The van der Waals surface area contributed by atoms with Gasteiger partial charge in [0.1, 0.15) is 0 Å². The van der Waals surface area contributed by atoms with E-state index < -0.39 is 0 Å². The molecule has 148 valence electrons. The van der Waals surface area contributed by atoms with Crippen LogP contribution in [0, 0.1) is 0 Å². The van der Waals surface area contributed by atoms with Crippen molar-refractivity contribution in [3.63, 3.8) is 0 Å². The van der Waals surface area contributed by atoms with Crippen molar-refractivity contribution in [3.05, 3.63) is 115 Å². The van der Waals surface area contributed by atoms with E-state index in [1.54, 1.807) is 0 Å². The predicted molar refractivity (Wildman–Crippen MR) is 137 cm³/mol. The molecule has 1 heterocycles. The molecule has 0 bridgehead atoms. The second-order valence-electron chi connectivity index (χ2n) is 8.41. The molecular weight excluding hydrogens is 386 g/mol. The Morgan fingerprint density at radius 1 is 0.375 bits per heavy atom. The Labute approximate surface area is 185 Å². The SMILES string of the molecule is c1ccc2c(c1)ccc1c3ccccc3c(-c3ccc4ccc5ccccc5c4n3)cc21. The molecule has 0 amide bonds. The second kappa shape index (κ2) is 6.63. The van der Waals surface area contributed by atoms with Crippen molar-refractivity contribution in [2.24, 2.45) is 0 Å². The molecule has 0 aliphatic heterocycles. The summed E-state index contributed by atoms with van der Waals surface area (Å²) < 4.78 is 0. The van der Waals surface area contributed by atoms with Crippen LogP contribution in [0.3, 0.4) is 0 Å². The van der Waals surface area contributed by atoms with Crippen molar-refractivity contribution in [2.45, 2.75) is 0 Å². The molecule has 1 nitrogen and oxygen atoms in total. The average Bonchev–Trinajstić information content (AvgIpc) is 2.87. The van der Waals surface area contributed by atoms with E-state index >= 15 is 0 Å². The topological polar surface area (TPSA) is 12.9 Å². The molecule has 1 aromatic heterocycles. The van der Waals surface area contributed by atoms with Crippen LogP contribution < -0.4 is 0 Å². The van der Waals surface area contributed by atoms with E-state index in [0.29, 0.717) is 0 Å². The van der Waals surface area contributed by atoms with Crippen molar-refractivity contribution in [2.75, 3.05) is 0 Å². The van der Waals surface area contributed by atoms with Crippen molar-refractivity contribution >= 4 is 54.0 Å². The number of aromatic nitrogens is 1. The first-order valence-corrected chi connectivity index (χ1v) is 11.0. The van der Waals surface area contributed by atoms with Gasteiger partial charge in [-0.1, -0.05) is 103 Å². The molecular formula is C31H19N. The maximum absolute atomic E-state index is 5.21. The number of fused-ring (bicyclic) bond motifs is 8. The Hall–Kier alpha value is -4.23. The fraction of sp³-hybridized carbons (Fsp3) is 0. The summed E-state index contributed by atoms with van der Waals surface area (Å²) in [6.45, 7) is 0. The molecule has 7 rings (SSSR count). The normalized spacial score (nSPS) is 11.8. The Balaban J connectivity index is 1.62. The third-order valence-corrected chi connectivity index (χ3v) is 6.63. The summed E-state index contributed by atoms with van der Waals surface area (Å²) >= 11 is 0. The zero-order valence-electron chi connectivity index (χ0n) is 17.4. The van der Waals surface area contributed by atoms with Crippen molar-refractivity contribution in [1.29, 1.82) is 0 Å². The second-order valence-corrected chi connectivity index (χ2v) is 8.41. The molecule has 6 aromatic carbocycles. The van der Waals surface area contributed by atoms with Crippen LogP contribution >= 0.6 is 0 Å². The molecule has 0 aliphatic carbocycles. The first-order valence-electron chi connectivity index (χ1n) is 11.0. The van der Waals surface area contributed by atoms with Gasteiger partial charge in [0.2, 0.25) is 0 Å². The van der Waals surface area contributed by atoms with Crippen molar-refractivity contribution < 1.29 is 0 Å². The van der Waals surface area contributed by atoms with Gasteiger partial charge in [-0.15, -0.1) is 0 Å². The third-order valence-electron chi connectivity index (χ3n) is 6.63. The number of hydrogen-bond donors (Lipinski definition) is 0. The molecule has 0 atom stereocenters. The van der Waals surface area contributed by atoms with Gasteiger partial charge in [0.05, 0.1) is 11.2 Å². The Bertz CT molecular complexity index is 1830. The molecule has 0 fully saturated rings. The zero-order valence-corrected chi connectivity index (χ0v) is 17.4. The molecule has 0 saturated heterocycles. The summed E-state index contributed by atoms with van der Waals surface area (Å²) in [4.78, 5) is 5.21. The fourth-order valence-corrected chi connectivity index (χ4v) is 5.08. The summed E-state index contributed by atoms with van der Waals surface area (Å²) in [5.74, 6) is 0. The van der Waals surface area contributed by atoms with Crippen LogP contribution in [0.25, 0.3) is 65.3 Å². The molecule has 0 saturated carbocycles. The van der Waals surface area contributed by atoms with Gasteiger partial charge in [-0.3, -0.25) is 0 Å². The third kappa shape index (κ3) is 2.48. The molecule has 32 heavy (non-hydrogen) atoms. The highest BCUT2D eigenvalue weighted by atomic mass is 14.7. The summed E-state index contributed by atoms with van der Waals surface area (Å²) in [6.07, 6.45) is 0. The molecule has 1 heteroatoms. The molecule has 0 radical (unpaired) electrons. The van der Waals surface area contributed by atoms with E-state index in [-0.39, 0.29) is 0 Å². The largest absolute Gasteiger partial charge is 0.247 e. The average molecular weight is 406 g/mol. The lowest BCUT2D eigenvalue weighted by Crippen LogP contribution is -1.90. The predicted octanol–water partition coefficient (Wildman–Crippen LogP) is 8.51. The van der Waals surface area contributed by atoms with Crippen LogP contribution in [0.5, 0.6) is 0 Å². The minimum Gasteiger partial charge on any atom is -0.247 e. The maximum Gasteiger partial charge on any atom is 0.0787 e. The number of pyridine rings is 1. The minimum absolute atomic E-state index is 1.01. The van der Waals surface area contributed by atoms with E-state index in [9.17, 15) is 0 Å². The monoisotopic (exact) mass is 405 g/mol. The van der Waals surface area contributed by atoms with Crippen molar-refractivity contribution in [3.8, 4) is 11.3 Å². The van der Waals surface area contributed by atoms with Crippen LogP contribution in [0.1, 0.15) is 0 Å². The number of nitrogens with zero attached hydrogens (tertiary/aromatic N) is 1. The maximum atomic E-state index is 5.21. The summed E-state index contributed by atoms with van der Waals surface area (Å²) in [5, 5.41) is 11.2. The first kappa shape index (κ1) is 17.5. The number of hydrogen-bond acceptors (Lipinski definition) is 1. The number of benzene rings is 6. The highest BCUT2D eigenvalue weighted by molar-refractivity contribution is 6.21. The number of rotatable bonds is 1. The van der Waals surface area contributed by atoms with Gasteiger partial charge in [0, 0.05) is 16.3 Å². The Morgan fingerprint density at radius 2 is 0.938 bits per heavy atom. The smallest absolute Gasteiger partial charge is 0.0787 e. The highest BCUT2D eigenvalue weighted by Crippen LogP contribution is 2.38. The molecule has 0 aliphatic rings. The van der Waals surface area contributed by atoms with E-state index in [4.69, 9.17) is 4.98 Å². The highest BCUT2D eigenvalue weighted by Gasteiger charge is 2.12. The standard InChI is InChI=1S/C31H19N/c1-3-9-23-20(7-1)15-17-27-25-11-5-6-12-26(25)29(19-28(23)27)30-18-16-22-14-13-21-8-2-4-10-24(21)31(22)32-30/h1-19H. The van der Waals surface area contributed by atoms with Crippen molar-refractivity contribution in [1.82, 2.24) is 4.98 Å². The van der Waals surface area contributed by atoms with E-state index in [2.05, 4.69) is 115 Å². The summed E-state index contributed by atoms with van der Waals surface area (Å²) in [5.41, 5.74) is 3.25. The molecule has 0 N–H and O–H groups in total. The van der Waals surface area contributed by atoms with E-state index in [1.165, 1.54) is 54.0 Å². The lowest BCUT2D eigenvalue weighted by Gasteiger charge is -2.13. The lowest BCUT2D eigenvalue weighted by atomic mass is 9.92. The van der Waals surface area contributed by atoms with Gasteiger partial charge in [0.15, 0.2) is 0 Å². The van der Waals surface area contributed by atoms with E-state index in [1.807, 2.05) is 0 Å². The van der Waals surface area contributed by atoms with Crippen LogP contribution in [0.2, 0.25) is 0 Å². The van der Waals surface area contributed by atoms with Crippen LogP contribution in [0.4, 0.5) is 0 Å². The molecule has 0 unspecified atom stereocenters. The minimum atomic E-state index is 1.01. The summed E-state index contributed by atoms with van der Waals surface area (Å²) in [7, 11) is 0. The molecule has 0 spiro atoms. The van der Waals surface area contributed by atoms with Gasteiger partial charge < -0.3 is 0 Å². The van der Waals surface area contributed by atoms with Crippen LogP contribution in [0.15, 0.2) is 115 Å². The van der Waals surface area contributed by atoms with Gasteiger partial charge in [-0.2, -0.15) is 0 Å². The molecule has 7 aromatic rings. The summed E-state index contributed by atoms with van der Waals surface area (Å²) in [6, 6.07) is 41.3. The van der Waals surface area contributed by atoms with Gasteiger partial charge >= 0.3 is 0 Å². The quantitative estimate of drug-likeness (QED) is 0.249. The van der Waals surface area contributed by atoms with Gasteiger partial charge in [-0.25, -0.2) is 4.98 Å². The van der Waals surface area contributed by atoms with E-state index in [0.717, 1.165) is 11.2 Å².